The summed E-state index contributed by atoms with van der Waals surface area (Å²) in [6, 6.07) is 0. The molecule has 10 heteroatoms. The molecule has 0 bridgehead atoms. The molecule has 0 saturated heterocycles. The molecule has 0 aliphatic rings. The third-order valence-electron chi connectivity index (χ3n) is 7.90. The van der Waals surface area contributed by atoms with Gasteiger partial charge in [-0.3, -0.25) is 4.55 Å². The summed E-state index contributed by atoms with van der Waals surface area (Å²) in [6.45, 7) is 4.38. The monoisotopic (exact) mass is 606 g/mol. The Hall–Kier alpha value is 0.850. The van der Waals surface area contributed by atoms with Crippen molar-refractivity contribution < 1.29 is 91.9 Å². The van der Waals surface area contributed by atoms with E-state index < -0.39 is 39.1 Å². The van der Waals surface area contributed by atoms with Crippen molar-refractivity contribution in [2.45, 2.75) is 173 Å². The number of aliphatic carboxylic acids is 2. The molecule has 2 unspecified atom stereocenters. The van der Waals surface area contributed by atoms with E-state index in [1.165, 1.54) is 70.6 Å². The van der Waals surface area contributed by atoms with Crippen molar-refractivity contribution in [2.75, 3.05) is 0 Å². The summed E-state index contributed by atoms with van der Waals surface area (Å²) in [6.07, 6.45) is 21.7. The Balaban J connectivity index is -0.00000684. The van der Waals surface area contributed by atoms with Gasteiger partial charge in [-0.05, 0) is 12.8 Å². The van der Waals surface area contributed by atoms with Gasteiger partial charge in [0.1, 0.15) is 4.75 Å². The number of carboxylic acids is 2. The molecule has 0 spiro atoms. The molecule has 226 valence electrons. The maximum absolute atomic E-state index is 12.3. The first kappa shape index (κ1) is 45.3. The van der Waals surface area contributed by atoms with Crippen molar-refractivity contribution in [3.8, 4) is 0 Å². The van der Waals surface area contributed by atoms with E-state index in [9.17, 15) is 32.8 Å². The van der Waals surface area contributed by atoms with Gasteiger partial charge in [-0.15, -0.1) is 0 Å². The zero-order chi connectivity index (χ0) is 28.7. The maximum Gasteiger partial charge on any atom is 1.00 e. The largest absolute Gasteiger partial charge is 1.00 e. The zero-order valence-electron chi connectivity index (χ0n) is 26.4. The molecule has 0 aromatic heterocycles. The molecule has 7 nitrogen and oxygen atoms in total. The Morgan fingerprint density at radius 2 is 0.900 bits per heavy atom. The predicted octanol–water partition coefficient (Wildman–Crippen LogP) is 0.139. The van der Waals surface area contributed by atoms with E-state index in [0.717, 1.165) is 44.9 Å². The predicted molar refractivity (Wildman–Crippen MR) is 150 cm³/mol. The molecule has 40 heavy (non-hydrogen) atoms. The van der Waals surface area contributed by atoms with Crippen LogP contribution < -0.4 is 69.3 Å². The Bertz CT molecular complexity index is 719. The van der Waals surface area contributed by atoms with Crippen molar-refractivity contribution in [1.82, 2.24) is 0 Å². The second-order valence-electron chi connectivity index (χ2n) is 11.1. The molecule has 0 heterocycles. The average molecular weight is 607 g/mol. The van der Waals surface area contributed by atoms with Crippen LogP contribution in [0.3, 0.4) is 0 Å². The Kier molecular flexibility index (Phi) is 32.4. The molecule has 0 rings (SSSR count). The van der Waals surface area contributed by atoms with E-state index in [1.807, 2.05) is 0 Å². The average Bonchev–Trinajstić information content (AvgIpc) is 2.85. The Morgan fingerprint density at radius 1 is 0.600 bits per heavy atom. The van der Waals surface area contributed by atoms with Gasteiger partial charge in [0.25, 0.3) is 10.1 Å². The molecule has 0 radical (unpaired) electrons. The fourth-order valence-electron chi connectivity index (χ4n) is 5.44. The summed E-state index contributed by atoms with van der Waals surface area (Å²) in [7, 11) is -5.23. The second kappa shape index (κ2) is 28.6. The number of hydrogen-bond donors (Lipinski definition) is 1. The smallest absolute Gasteiger partial charge is 0.550 e. The van der Waals surface area contributed by atoms with E-state index in [0.29, 0.717) is 19.3 Å². The van der Waals surface area contributed by atoms with Gasteiger partial charge < -0.3 is 19.8 Å². The topological polar surface area (TPSA) is 135 Å². The summed E-state index contributed by atoms with van der Waals surface area (Å²) >= 11 is 0. The molecule has 1 N–H and O–H groups in total. The van der Waals surface area contributed by atoms with Crippen LogP contribution in [0.15, 0.2) is 0 Å². The van der Waals surface area contributed by atoms with Crippen LogP contribution in [-0.2, 0) is 19.7 Å². The Labute approximate surface area is 290 Å². The molecule has 0 aliphatic carbocycles. The van der Waals surface area contributed by atoms with Gasteiger partial charge >= 0.3 is 59.1 Å². The Morgan fingerprint density at radius 3 is 1.18 bits per heavy atom. The summed E-state index contributed by atoms with van der Waals surface area (Å²) in [5.41, 5.74) is 0. The van der Waals surface area contributed by atoms with E-state index in [-0.39, 0.29) is 72.0 Å². The van der Waals surface area contributed by atoms with Crippen LogP contribution in [0.1, 0.15) is 168 Å². The van der Waals surface area contributed by atoms with Crippen molar-refractivity contribution in [3.05, 3.63) is 0 Å². The summed E-state index contributed by atoms with van der Waals surface area (Å²) < 4.78 is 31.6. The van der Waals surface area contributed by atoms with Gasteiger partial charge in [0.05, 0.1) is 5.97 Å². The van der Waals surface area contributed by atoms with Crippen LogP contribution in [-0.4, -0.2) is 29.7 Å². The number of hydrogen-bond acceptors (Lipinski definition) is 6. The van der Waals surface area contributed by atoms with E-state index >= 15 is 0 Å². The first-order chi connectivity index (χ1) is 18.1. The van der Waals surface area contributed by atoms with Crippen LogP contribution in [0.4, 0.5) is 0 Å². The zero-order valence-corrected chi connectivity index (χ0v) is 31.2. The van der Waals surface area contributed by atoms with Crippen LogP contribution in [0.5, 0.6) is 0 Å². The van der Waals surface area contributed by atoms with Gasteiger partial charge in [-0.25, -0.2) is 0 Å². The first-order valence-electron chi connectivity index (χ1n) is 15.5. The van der Waals surface area contributed by atoms with Crippen molar-refractivity contribution in [1.29, 1.82) is 0 Å². The minimum atomic E-state index is -5.23. The van der Waals surface area contributed by atoms with Crippen LogP contribution in [0.25, 0.3) is 0 Å². The van der Waals surface area contributed by atoms with E-state index in [2.05, 4.69) is 13.8 Å². The van der Waals surface area contributed by atoms with Gasteiger partial charge in [0.15, 0.2) is 0 Å². The fraction of sp³-hybridized carbons (Fsp3) is 0.933. The SMILES string of the molecule is CCCCCCCCCCCCCC(C(=O)[O-])C(CCCCCCCCCCCCC)(C(=O)[O-])S(=O)(=O)O.[Na+].[Na+]. The number of carbonyl (C=O) groups is 2. The number of unbranched alkanes of at least 4 members (excludes halogenated alkanes) is 20. The quantitative estimate of drug-likeness (QED) is 0.0761. The normalized spacial score (nSPS) is 13.6. The molecule has 0 amide bonds. The number of rotatable bonds is 28. The summed E-state index contributed by atoms with van der Waals surface area (Å²) in [5.74, 6) is -5.66. The molecule has 0 saturated carbocycles. The third-order valence-corrected chi connectivity index (χ3v) is 9.48. The molecule has 2 atom stereocenters. The van der Waals surface area contributed by atoms with Gasteiger partial charge in [-0.1, -0.05) is 155 Å². The van der Waals surface area contributed by atoms with Crippen LogP contribution in [0, 0.1) is 5.92 Å². The van der Waals surface area contributed by atoms with Crippen LogP contribution >= 0.6 is 0 Å². The fourth-order valence-corrected chi connectivity index (χ4v) is 6.63. The maximum atomic E-state index is 12.3. The van der Waals surface area contributed by atoms with Crippen molar-refractivity contribution >= 4 is 22.1 Å². The number of carboxylic acid groups (broad SMARTS) is 2. The van der Waals surface area contributed by atoms with Crippen molar-refractivity contribution in [3.63, 3.8) is 0 Å². The minimum absolute atomic E-state index is 0. The molecular formula is C30H56Na2O7S. The van der Waals surface area contributed by atoms with Crippen molar-refractivity contribution in [2.24, 2.45) is 5.92 Å². The molecule has 0 aliphatic heterocycles. The van der Waals surface area contributed by atoms with Gasteiger partial charge in [0.2, 0.25) is 0 Å². The second-order valence-corrected chi connectivity index (χ2v) is 12.8. The van der Waals surface area contributed by atoms with Gasteiger partial charge in [-0.2, -0.15) is 8.42 Å². The first-order valence-corrected chi connectivity index (χ1v) is 17.0. The summed E-state index contributed by atoms with van der Waals surface area (Å²) in [4.78, 5) is 24.0. The number of carbonyl (C=O) groups excluding carboxylic acids is 2. The van der Waals surface area contributed by atoms with E-state index in [1.54, 1.807) is 0 Å². The van der Waals surface area contributed by atoms with Crippen LogP contribution in [0.2, 0.25) is 0 Å². The standard InChI is InChI=1S/C30H58O7S.2Na/c1-3-5-7-9-11-13-15-17-19-21-23-25-27(28(31)32)30(29(33)34,38(35,36)37)26-24-22-20-18-16-14-12-10-8-6-4-2;;/h27H,3-26H2,1-2H3,(H,31,32)(H,33,34)(H,35,36,37);;/q;2*+1/p-2. The molecular weight excluding hydrogens is 550 g/mol. The minimum Gasteiger partial charge on any atom is -0.550 e. The summed E-state index contributed by atoms with van der Waals surface area (Å²) in [5, 5.41) is 24.0. The molecule has 0 aromatic rings. The van der Waals surface area contributed by atoms with E-state index in [4.69, 9.17) is 0 Å². The molecule has 0 aromatic carbocycles. The third kappa shape index (κ3) is 19.9. The van der Waals surface area contributed by atoms with Gasteiger partial charge in [0, 0.05) is 11.9 Å². The molecule has 0 fully saturated rings.